The highest BCUT2D eigenvalue weighted by Crippen LogP contribution is 2.14. The van der Waals surface area contributed by atoms with Crippen molar-refractivity contribution in [3.8, 4) is 0 Å². The Morgan fingerprint density at radius 2 is 2.00 bits per heavy atom. The summed E-state index contributed by atoms with van der Waals surface area (Å²) >= 11 is -2.29. The Morgan fingerprint density at radius 3 is 2.30 bits per heavy atom. The van der Waals surface area contributed by atoms with Gasteiger partial charge < -0.3 is 0 Å². The second-order valence-corrected chi connectivity index (χ2v) is 2.23. The summed E-state index contributed by atoms with van der Waals surface area (Å²) in [6.07, 6.45) is -4.46. The molecule has 0 aliphatic carbocycles. The van der Waals surface area contributed by atoms with Gasteiger partial charge in [-0.1, -0.05) is 0 Å². The Hall–Kier alpha value is -0.140. The van der Waals surface area contributed by atoms with Gasteiger partial charge in [0.2, 0.25) is 0 Å². The molecule has 3 nitrogen and oxygen atoms in total. The third kappa shape index (κ3) is 5.99. The first kappa shape index (κ1) is 9.86. The first-order valence-corrected chi connectivity index (χ1v) is 3.12. The quantitative estimate of drug-likeness (QED) is 0.640. The van der Waals surface area contributed by atoms with Crippen LogP contribution in [0.1, 0.15) is 0 Å². The van der Waals surface area contributed by atoms with Crippen molar-refractivity contribution in [3.63, 3.8) is 0 Å². The molecule has 0 aliphatic heterocycles. The zero-order valence-corrected chi connectivity index (χ0v) is 5.79. The predicted octanol–water partition coefficient (Wildman–Crippen LogP) is 0.790. The van der Waals surface area contributed by atoms with Crippen LogP contribution in [0.25, 0.3) is 0 Å². The fourth-order valence-corrected chi connectivity index (χ4v) is 0.489. The number of rotatable bonds is 3. The second-order valence-electron chi connectivity index (χ2n) is 1.25. The van der Waals surface area contributed by atoms with E-state index in [2.05, 4.69) is 8.37 Å². The minimum atomic E-state index is -4.46. The standard InChI is InChI=1S/C3H5F3O3S/c1-8-10(7)9-2-3(4,5)6/h2H2,1H3. The molecule has 0 spiro atoms. The molecule has 0 aromatic heterocycles. The van der Waals surface area contributed by atoms with Crippen LogP contribution in [0.5, 0.6) is 0 Å². The van der Waals surface area contributed by atoms with Crippen LogP contribution in [0.15, 0.2) is 0 Å². The van der Waals surface area contributed by atoms with Gasteiger partial charge in [0, 0.05) is 0 Å². The summed E-state index contributed by atoms with van der Waals surface area (Å²) in [5.74, 6) is 0. The van der Waals surface area contributed by atoms with Gasteiger partial charge in [0.05, 0.1) is 7.11 Å². The van der Waals surface area contributed by atoms with Crippen molar-refractivity contribution in [3.05, 3.63) is 0 Å². The minimum absolute atomic E-state index is 0.979. The molecular weight excluding hydrogens is 173 g/mol. The lowest BCUT2D eigenvalue weighted by molar-refractivity contribution is -0.152. The molecule has 10 heavy (non-hydrogen) atoms. The smallest absolute Gasteiger partial charge is 0.272 e. The highest BCUT2D eigenvalue weighted by Gasteiger charge is 2.28. The van der Waals surface area contributed by atoms with E-state index in [0.717, 1.165) is 7.11 Å². The Bertz CT molecular complexity index is 123. The van der Waals surface area contributed by atoms with E-state index in [0.29, 0.717) is 0 Å². The minimum Gasteiger partial charge on any atom is -0.272 e. The van der Waals surface area contributed by atoms with Crippen molar-refractivity contribution in [1.29, 1.82) is 0 Å². The van der Waals surface area contributed by atoms with Crippen LogP contribution >= 0.6 is 0 Å². The Labute approximate surface area is 58.0 Å². The zero-order valence-electron chi connectivity index (χ0n) is 4.97. The fourth-order valence-electron chi connectivity index (χ4n) is 0.163. The molecule has 62 valence electrons. The van der Waals surface area contributed by atoms with Crippen molar-refractivity contribution >= 4 is 11.4 Å². The average Bonchev–Trinajstić information content (AvgIpc) is 1.81. The maximum Gasteiger partial charge on any atom is 0.413 e. The molecule has 0 fully saturated rings. The van der Waals surface area contributed by atoms with Gasteiger partial charge in [-0.15, -0.1) is 0 Å². The van der Waals surface area contributed by atoms with E-state index in [1.165, 1.54) is 0 Å². The topological polar surface area (TPSA) is 35.5 Å². The summed E-state index contributed by atoms with van der Waals surface area (Å²) in [5.41, 5.74) is 0. The highest BCUT2D eigenvalue weighted by atomic mass is 32.2. The molecular formula is C3H5F3O3S. The van der Waals surface area contributed by atoms with Crippen LogP contribution in [0.3, 0.4) is 0 Å². The first-order valence-electron chi connectivity index (χ1n) is 2.12. The summed E-state index contributed by atoms with van der Waals surface area (Å²) in [5, 5.41) is 0. The summed E-state index contributed by atoms with van der Waals surface area (Å²) in [6, 6.07) is 0. The van der Waals surface area contributed by atoms with Crippen molar-refractivity contribution in [2.75, 3.05) is 13.7 Å². The molecule has 0 N–H and O–H groups in total. The van der Waals surface area contributed by atoms with Crippen LogP contribution in [-0.2, 0) is 19.7 Å². The monoisotopic (exact) mass is 178 g/mol. The van der Waals surface area contributed by atoms with Crippen LogP contribution in [0.4, 0.5) is 13.2 Å². The summed E-state index contributed by atoms with van der Waals surface area (Å²) in [6.45, 7) is -1.56. The van der Waals surface area contributed by atoms with Crippen molar-refractivity contribution in [1.82, 2.24) is 0 Å². The van der Waals surface area contributed by atoms with Gasteiger partial charge in [-0.2, -0.15) is 17.4 Å². The molecule has 0 aliphatic rings. The third-order valence-electron chi connectivity index (χ3n) is 0.455. The van der Waals surface area contributed by atoms with Gasteiger partial charge in [0.25, 0.3) is 0 Å². The lowest BCUT2D eigenvalue weighted by Crippen LogP contribution is -2.18. The Balaban J connectivity index is 3.46. The largest absolute Gasteiger partial charge is 0.413 e. The molecule has 0 rings (SSSR count). The number of hydrogen-bond acceptors (Lipinski definition) is 3. The van der Waals surface area contributed by atoms with Gasteiger partial charge in [-0.25, -0.2) is 0 Å². The number of alkyl halides is 3. The molecule has 1 atom stereocenters. The normalized spacial score (nSPS) is 15.2. The van der Waals surface area contributed by atoms with E-state index in [-0.39, 0.29) is 0 Å². The number of hydrogen-bond donors (Lipinski definition) is 0. The molecule has 0 bridgehead atoms. The van der Waals surface area contributed by atoms with Crippen LogP contribution in [-0.4, -0.2) is 24.1 Å². The molecule has 0 radical (unpaired) electrons. The Morgan fingerprint density at radius 1 is 1.50 bits per heavy atom. The fraction of sp³-hybridized carbons (Fsp3) is 1.00. The summed E-state index contributed by atoms with van der Waals surface area (Å²) < 4.78 is 51.3. The number of halogens is 3. The van der Waals surface area contributed by atoms with E-state index in [9.17, 15) is 17.4 Å². The van der Waals surface area contributed by atoms with Gasteiger partial charge in [-0.3, -0.25) is 8.37 Å². The van der Waals surface area contributed by atoms with Gasteiger partial charge in [-0.05, 0) is 0 Å². The van der Waals surface area contributed by atoms with Crippen LogP contribution in [0.2, 0.25) is 0 Å². The molecule has 1 unspecified atom stereocenters. The van der Waals surface area contributed by atoms with Crippen molar-refractivity contribution in [2.45, 2.75) is 6.18 Å². The maximum absolute atomic E-state index is 11.2. The first-order chi connectivity index (χ1) is 4.45. The van der Waals surface area contributed by atoms with E-state index in [1.54, 1.807) is 0 Å². The predicted molar refractivity (Wildman–Crippen MR) is 27.2 cm³/mol. The second kappa shape index (κ2) is 3.89. The van der Waals surface area contributed by atoms with Gasteiger partial charge in [0.1, 0.15) is 0 Å². The van der Waals surface area contributed by atoms with E-state index in [1.807, 2.05) is 0 Å². The van der Waals surface area contributed by atoms with E-state index < -0.39 is 24.1 Å². The van der Waals surface area contributed by atoms with Crippen LogP contribution < -0.4 is 0 Å². The molecule has 0 heterocycles. The molecule has 0 aromatic carbocycles. The Kier molecular flexibility index (Phi) is 3.84. The lowest BCUT2D eigenvalue weighted by Gasteiger charge is -2.03. The maximum atomic E-state index is 11.2. The van der Waals surface area contributed by atoms with Gasteiger partial charge in [0.15, 0.2) is 6.61 Å². The highest BCUT2D eigenvalue weighted by molar-refractivity contribution is 7.75. The molecule has 0 aromatic rings. The zero-order chi connectivity index (χ0) is 8.20. The van der Waals surface area contributed by atoms with Crippen LogP contribution in [0, 0.1) is 0 Å². The SMILES string of the molecule is COS(=O)OCC(F)(F)F. The average molecular weight is 178 g/mol. The van der Waals surface area contributed by atoms with E-state index in [4.69, 9.17) is 0 Å². The summed E-state index contributed by atoms with van der Waals surface area (Å²) in [7, 11) is 0.979. The molecule has 0 saturated heterocycles. The third-order valence-corrected chi connectivity index (χ3v) is 1.04. The van der Waals surface area contributed by atoms with Crippen molar-refractivity contribution < 1.29 is 25.7 Å². The van der Waals surface area contributed by atoms with Crippen molar-refractivity contribution in [2.24, 2.45) is 0 Å². The lowest BCUT2D eigenvalue weighted by atomic mass is 10.7. The molecule has 7 heteroatoms. The summed E-state index contributed by atoms with van der Waals surface area (Å²) in [4.78, 5) is 0. The van der Waals surface area contributed by atoms with E-state index >= 15 is 0 Å². The molecule has 0 amide bonds. The van der Waals surface area contributed by atoms with Gasteiger partial charge >= 0.3 is 17.5 Å². The molecule has 0 saturated carbocycles.